The summed E-state index contributed by atoms with van der Waals surface area (Å²) in [5.41, 5.74) is -0.236. The summed E-state index contributed by atoms with van der Waals surface area (Å²) in [4.78, 5) is 24.4. The second-order valence-corrected chi connectivity index (χ2v) is 8.91. The molecular weight excluding hydrogens is 504 g/mol. The first kappa shape index (κ1) is 24.8. The summed E-state index contributed by atoms with van der Waals surface area (Å²) in [5.74, 6) is 0.723. The number of thiophene rings is 1. The van der Waals surface area contributed by atoms with Crippen molar-refractivity contribution in [2.24, 2.45) is 0 Å². The molecular formula is C22H27BrO8S. The van der Waals surface area contributed by atoms with Gasteiger partial charge in [0.05, 0.1) is 24.8 Å². The van der Waals surface area contributed by atoms with Crippen LogP contribution in [-0.4, -0.2) is 39.2 Å². The van der Waals surface area contributed by atoms with E-state index in [1.807, 2.05) is 0 Å². The van der Waals surface area contributed by atoms with Gasteiger partial charge in [0, 0.05) is 18.1 Å². The molecule has 1 unspecified atom stereocenters. The summed E-state index contributed by atoms with van der Waals surface area (Å²) in [7, 11) is 1.34. The lowest BCUT2D eigenvalue weighted by Crippen LogP contribution is -2.22. The molecule has 0 amide bonds. The molecule has 0 aliphatic carbocycles. The molecule has 0 spiro atoms. The van der Waals surface area contributed by atoms with Crippen LogP contribution in [0.4, 0.5) is 0 Å². The Labute approximate surface area is 198 Å². The van der Waals surface area contributed by atoms with Gasteiger partial charge in [-0.3, -0.25) is 4.79 Å². The molecule has 0 radical (unpaired) electrons. The third kappa shape index (κ3) is 7.33. The summed E-state index contributed by atoms with van der Waals surface area (Å²) >= 11 is 4.65. The number of carbonyl (C=O) groups is 1. The highest BCUT2D eigenvalue weighted by Gasteiger charge is 2.19. The molecule has 176 valence electrons. The van der Waals surface area contributed by atoms with Crippen LogP contribution in [0.5, 0.6) is 11.5 Å². The van der Waals surface area contributed by atoms with Crippen molar-refractivity contribution in [3.05, 3.63) is 43.0 Å². The van der Waals surface area contributed by atoms with E-state index in [-0.39, 0.29) is 24.1 Å². The lowest BCUT2D eigenvalue weighted by Gasteiger charge is -2.22. The number of esters is 1. The summed E-state index contributed by atoms with van der Waals surface area (Å²) in [6.07, 6.45) is 6.45. The number of carbonyl (C=O) groups excluding carboxylic acids is 1. The van der Waals surface area contributed by atoms with Gasteiger partial charge in [-0.1, -0.05) is 0 Å². The fourth-order valence-electron chi connectivity index (χ4n) is 3.07. The minimum atomic E-state index is -0.414. The smallest absolute Gasteiger partial charge is 0.351 e. The molecule has 1 aliphatic heterocycles. The molecule has 2 aromatic rings. The maximum absolute atomic E-state index is 12.2. The molecule has 3 rings (SSSR count). The Balaban J connectivity index is 1.32. The van der Waals surface area contributed by atoms with Gasteiger partial charge in [0.25, 0.3) is 0 Å². The first-order valence-electron chi connectivity index (χ1n) is 10.5. The average Bonchev–Trinajstić information content (AvgIpc) is 3.18. The summed E-state index contributed by atoms with van der Waals surface area (Å²) < 4.78 is 33.3. The Morgan fingerprint density at radius 1 is 1.22 bits per heavy atom. The third-order valence-electron chi connectivity index (χ3n) is 4.77. The van der Waals surface area contributed by atoms with Gasteiger partial charge in [-0.25, -0.2) is 4.79 Å². The molecule has 1 atom stereocenters. The van der Waals surface area contributed by atoms with Crippen molar-refractivity contribution in [3.63, 3.8) is 0 Å². The van der Waals surface area contributed by atoms with Gasteiger partial charge in [-0.05, 0) is 54.5 Å². The molecule has 32 heavy (non-hydrogen) atoms. The lowest BCUT2D eigenvalue weighted by molar-refractivity contribution is -0.171. The zero-order valence-electron chi connectivity index (χ0n) is 17.9. The van der Waals surface area contributed by atoms with Crippen LogP contribution in [-0.2, 0) is 20.8 Å². The van der Waals surface area contributed by atoms with Gasteiger partial charge in [-0.15, -0.1) is 11.3 Å². The maximum atomic E-state index is 12.2. The predicted octanol–water partition coefficient (Wildman–Crippen LogP) is 4.92. The standard InChI is InChI=1S/C22H27BrO8S/c1-26-22(25)21-20(16(23)14-32-21)29-10-5-2-4-8-27-18-13-30-15(11-17(18)24)12-31-19-7-3-6-9-28-19/h11,13-14,19H,2-10,12H2,1H3. The Hall–Kier alpha value is -1.88. The monoisotopic (exact) mass is 530 g/mol. The van der Waals surface area contributed by atoms with Gasteiger partial charge in [0.2, 0.25) is 11.2 Å². The van der Waals surface area contributed by atoms with Crippen molar-refractivity contribution in [3.8, 4) is 11.5 Å². The Morgan fingerprint density at radius 3 is 2.75 bits per heavy atom. The van der Waals surface area contributed by atoms with E-state index >= 15 is 0 Å². The van der Waals surface area contributed by atoms with Crippen molar-refractivity contribution in [2.75, 3.05) is 26.9 Å². The highest BCUT2D eigenvalue weighted by atomic mass is 79.9. The van der Waals surface area contributed by atoms with E-state index in [9.17, 15) is 9.59 Å². The van der Waals surface area contributed by atoms with Crippen LogP contribution in [0.1, 0.15) is 54.0 Å². The van der Waals surface area contributed by atoms with Gasteiger partial charge in [0.15, 0.2) is 16.9 Å². The number of halogens is 1. The first-order valence-corrected chi connectivity index (χ1v) is 12.2. The van der Waals surface area contributed by atoms with Gasteiger partial charge in [-0.2, -0.15) is 0 Å². The summed E-state index contributed by atoms with van der Waals surface area (Å²) in [6.45, 7) is 1.75. The second kappa shape index (κ2) is 13.0. The highest BCUT2D eigenvalue weighted by molar-refractivity contribution is 9.10. The number of unbranched alkanes of at least 4 members (excludes halogenated alkanes) is 2. The van der Waals surface area contributed by atoms with E-state index in [1.54, 1.807) is 5.38 Å². The highest BCUT2D eigenvalue weighted by Crippen LogP contribution is 2.35. The molecule has 3 heterocycles. The van der Waals surface area contributed by atoms with Crippen LogP contribution in [0.3, 0.4) is 0 Å². The van der Waals surface area contributed by atoms with Gasteiger partial charge in [0.1, 0.15) is 18.6 Å². The zero-order valence-corrected chi connectivity index (χ0v) is 20.3. The molecule has 0 bridgehead atoms. The summed E-state index contributed by atoms with van der Waals surface area (Å²) in [6, 6.07) is 1.39. The SMILES string of the molecule is COC(=O)c1scc(Br)c1OCCCCCOc1coc(COC2CCCCO2)cc1=O. The van der Waals surface area contributed by atoms with Crippen LogP contribution >= 0.6 is 27.3 Å². The van der Waals surface area contributed by atoms with E-state index in [2.05, 4.69) is 15.9 Å². The van der Waals surface area contributed by atoms with Gasteiger partial charge >= 0.3 is 5.97 Å². The minimum absolute atomic E-state index is 0.184. The largest absolute Gasteiger partial charge is 0.491 e. The van der Waals surface area contributed by atoms with Crippen molar-refractivity contribution in [1.29, 1.82) is 0 Å². The zero-order chi connectivity index (χ0) is 22.8. The van der Waals surface area contributed by atoms with Crippen molar-refractivity contribution in [2.45, 2.75) is 51.4 Å². The molecule has 2 aromatic heterocycles. The third-order valence-corrected chi connectivity index (χ3v) is 6.60. The molecule has 0 N–H and O–H groups in total. The van der Waals surface area contributed by atoms with Crippen LogP contribution in [0.25, 0.3) is 0 Å². The molecule has 10 heteroatoms. The topological polar surface area (TPSA) is 93.4 Å². The fraction of sp³-hybridized carbons (Fsp3) is 0.545. The number of ether oxygens (including phenoxy) is 5. The molecule has 1 saturated heterocycles. The Morgan fingerprint density at radius 2 is 2.03 bits per heavy atom. The van der Waals surface area contributed by atoms with Crippen molar-refractivity contribution < 1.29 is 32.9 Å². The fourth-order valence-corrected chi connectivity index (χ4v) is 4.58. The van der Waals surface area contributed by atoms with Crippen molar-refractivity contribution in [1.82, 2.24) is 0 Å². The number of rotatable bonds is 12. The van der Waals surface area contributed by atoms with E-state index in [0.29, 0.717) is 36.2 Å². The van der Waals surface area contributed by atoms with E-state index in [1.165, 1.54) is 30.8 Å². The van der Waals surface area contributed by atoms with Crippen LogP contribution in [0, 0.1) is 0 Å². The maximum Gasteiger partial charge on any atom is 0.351 e. The number of methoxy groups -OCH3 is 1. The molecule has 0 aromatic carbocycles. The molecule has 1 aliphatic rings. The quantitative estimate of drug-likeness (QED) is 0.282. The second-order valence-electron chi connectivity index (χ2n) is 7.17. The molecule has 0 saturated carbocycles. The lowest BCUT2D eigenvalue weighted by atomic mass is 10.2. The predicted molar refractivity (Wildman–Crippen MR) is 122 cm³/mol. The van der Waals surface area contributed by atoms with Gasteiger partial charge < -0.3 is 28.1 Å². The normalized spacial score (nSPS) is 16.0. The van der Waals surface area contributed by atoms with E-state index in [0.717, 1.165) is 43.0 Å². The Bertz CT molecular complexity index is 919. The Kier molecular flexibility index (Phi) is 10.0. The molecule has 8 nitrogen and oxygen atoms in total. The molecule has 1 fully saturated rings. The first-order chi connectivity index (χ1) is 15.6. The summed E-state index contributed by atoms with van der Waals surface area (Å²) in [5, 5.41) is 1.79. The number of hydrogen-bond donors (Lipinski definition) is 0. The van der Waals surface area contributed by atoms with Crippen LogP contribution in [0.15, 0.2) is 31.4 Å². The minimum Gasteiger partial charge on any atom is -0.491 e. The number of hydrogen-bond acceptors (Lipinski definition) is 9. The van der Waals surface area contributed by atoms with E-state index < -0.39 is 5.97 Å². The average molecular weight is 531 g/mol. The van der Waals surface area contributed by atoms with E-state index in [4.69, 9.17) is 28.1 Å². The van der Waals surface area contributed by atoms with Crippen LogP contribution in [0.2, 0.25) is 0 Å². The van der Waals surface area contributed by atoms with Crippen molar-refractivity contribution >= 4 is 33.2 Å². The van der Waals surface area contributed by atoms with Crippen LogP contribution < -0.4 is 14.9 Å².